The number of ether oxygens (including phenoxy) is 1. The largest absolute Gasteiger partial charge is 0.488 e. The molecule has 1 N–H and O–H groups in total. The minimum Gasteiger partial charge on any atom is -0.488 e. The van der Waals surface area contributed by atoms with Crippen LogP contribution < -0.4 is 10.1 Å². The Bertz CT molecular complexity index is 374. The molecule has 1 rings (SSSR count). The monoisotopic (exact) mass is 297 g/mol. The van der Waals surface area contributed by atoms with Crippen molar-refractivity contribution in [3.63, 3.8) is 0 Å². The Kier molecular flexibility index (Phi) is 6.30. The van der Waals surface area contributed by atoms with Crippen molar-refractivity contribution in [3.05, 3.63) is 40.4 Å². The molecule has 0 radical (unpaired) electrons. The van der Waals surface area contributed by atoms with Gasteiger partial charge in [-0.3, -0.25) is 0 Å². The zero-order valence-electron chi connectivity index (χ0n) is 10.7. The molecular formula is C14H20BrNO. The highest BCUT2D eigenvalue weighted by Crippen LogP contribution is 2.29. The Labute approximate surface area is 112 Å². The summed E-state index contributed by atoms with van der Waals surface area (Å²) in [6, 6.07) is 6.59. The van der Waals surface area contributed by atoms with E-state index < -0.39 is 0 Å². The van der Waals surface area contributed by atoms with Gasteiger partial charge in [0.25, 0.3) is 0 Å². The van der Waals surface area contributed by atoms with E-state index in [0.717, 1.165) is 16.8 Å². The van der Waals surface area contributed by atoms with Gasteiger partial charge in [-0.05, 0) is 28.9 Å². The van der Waals surface area contributed by atoms with Crippen LogP contribution in [-0.2, 0) is 6.54 Å². The Morgan fingerprint density at radius 2 is 2.18 bits per heavy atom. The summed E-state index contributed by atoms with van der Waals surface area (Å²) in [6.07, 6.45) is 3.99. The number of hydrogen-bond acceptors (Lipinski definition) is 2. The second-order valence-electron chi connectivity index (χ2n) is 4.14. The van der Waals surface area contributed by atoms with Crippen molar-refractivity contribution >= 4 is 15.9 Å². The first-order valence-electron chi connectivity index (χ1n) is 5.90. The van der Waals surface area contributed by atoms with Gasteiger partial charge in [-0.15, -0.1) is 0 Å². The second kappa shape index (κ2) is 7.51. The molecule has 0 aromatic heterocycles. The summed E-state index contributed by atoms with van der Waals surface area (Å²) < 4.78 is 6.77. The van der Waals surface area contributed by atoms with E-state index in [4.69, 9.17) is 4.74 Å². The van der Waals surface area contributed by atoms with Gasteiger partial charge < -0.3 is 10.1 Å². The number of rotatable bonds is 6. The maximum absolute atomic E-state index is 5.77. The Morgan fingerprint density at radius 1 is 1.41 bits per heavy atom. The molecule has 94 valence electrons. The smallest absolute Gasteiger partial charge is 0.138 e. The van der Waals surface area contributed by atoms with Gasteiger partial charge in [0.2, 0.25) is 0 Å². The number of halogens is 1. The topological polar surface area (TPSA) is 21.3 Å². The summed E-state index contributed by atoms with van der Waals surface area (Å²) in [7, 11) is 0. The van der Waals surface area contributed by atoms with Crippen molar-refractivity contribution in [2.75, 3.05) is 6.61 Å². The van der Waals surface area contributed by atoms with Crippen LogP contribution in [0.4, 0.5) is 0 Å². The van der Waals surface area contributed by atoms with Crippen LogP contribution in [-0.4, -0.2) is 12.6 Å². The van der Waals surface area contributed by atoms with Gasteiger partial charge in [0.1, 0.15) is 12.4 Å². The van der Waals surface area contributed by atoms with Crippen LogP contribution in [0.15, 0.2) is 34.8 Å². The maximum Gasteiger partial charge on any atom is 0.138 e. The van der Waals surface area contributed by atoms with Crippen LogP contribution in [0, 0.1) is 0 Å². The molecule has 0 saturated heterocycles. The molecule has 0 atom stereocenters. The average molecular weight is 298 g/mol. The van der Waals surface area contributed by atoms with Crippen molar-refractivity contribution in [2.24, 2.45) is 0 Å². The summed E-state index contributed by atoms with van der Waals surface area (Å²) in [6.45, 7) is 7.69. The normalized spacial score (nSPS) is 11.4. The minimum atomic E-state index is 0.470. The molecule has 0 bridgehead atoms. The van der Waals surface area contributed by atoms with Gasteiger partial charge in [0.15, 0.2) is 0 Å². The van der Waals surface area contributed by atoms with Gasteiger partial charge in [0.05, 0.1) is 4.47 Å². The highest BCUT2D eigenvalue weighted by molar-refractivity contribution is 9.10. The second-order valence-corrected chi connectivity index (χ2v) is 5.00. The fourth-order valence-electron chi connectivity index (χ4n) is 1.40. The molecule has 1 aromatic carbocycles. The van der Waals surface area contributed by atoms with Gasteiger partial charge in [-0.2, -0.15) is 0 Å². The lowest BCUT2D eigenvalue weighted by Crippen LogP contribution is -2.22. The number of nitrogens with one attached hydrogen (secondary N) is 1. The lowest BCUT2D eigenvalue weighted by molar-refractivity contribution is 0.354. The van der Waals surface area contributed by atoms with Crippen LogP contribution in [0.2, 0.25) is 0 Å². The Balaban J connectivity index is 2.76. The quantitative estimate of drug-likeness (QED) is 0.804. The third-order valence-corrected chi connectivity index (χ3v) is 2.93. The van der Waals surface area contributed by atoms with E-state index in [1.54, 1.807) is 0 Å². The third-order valence-electron chi connectivity index (χ3n) is 2.31. The van der Waals surface area contributed by atoms with Gasteiger partial charge in [-0.1, -0.05) is 38.1 Å². The SMILES string of the molecule is C/C=C/COc1c(Br)cccc1CNC(C)C. The zero-order valence-corrected chi connectivity index (χ0v) is 12.3. The van der Waals surface area contributed by atoms with E-state index in [2.05, 4.69) is 41.2 Å². The van der Waals surface area contributed by atoms with Crippen molar-refractivity contribution in [2.45, 2.75) is 33.4 Å². The molecule has 0 unspecified atom stereocenters. The molecule has 0 aliphatic heterocycles. The molecule has 0 spiro atoms. The molecular weight excluding hydrogens is 278 g/mol. The standard InChI is InChI=1S/C14H20BrNO/c1-4-5-9-17-14-12(10-16-11(2)3)7-6-8-13(14)15/h4-8,11,16H,9-10H2,1-3H3/b5-4+. The van der Waals surface area contributed by atoms with Crippen LogP contribution in [0.3, 0.4) is 0 Å². The number of hydrogen-bond donors (Lipinski definition) is 1. The van der Waals surface area contributed by atoms with Crippen LogP contribution in [0.25, 0.3) is 0 Å². The summed E-state index contributed by atoms with van der Waals surface area (Å²) in [5.74, 6) is 0.929. The molecule has 1 aromatic rings. The lowest BCUT2D eigenvalue weighted by atomic mass is 10.2. The van der Waals surface area contributed by atoms with Crippen LogP contribution >= 0.6 is 15.9 Å². The first kappa shape index (κ1) is 14.3. The highest BCUT2D eigenvalue weighted by Gasteiger charge is 2.07. The minimum absolute atomic E-state index is 0.470. The first-order chi connectivity index (χ1) is 8.15. The van der Waals surface area contributed by atoms with Crippen LogP contribution in [0.1, 0.15) is 26.3 Å². The molecule has 0 aliphatic rings. The molecule has 0 saturated carbocycles. The summed E-state index contributed by atoms with van der Waals surface area (Å²) in [5, 5.41) is 3.40. The average Bonchev–Trinajstić information content (AvgIpc) is 2.29. The fraction of sp³-hybridized carbons (Fsp3) is 0.429. The van der Waals surface area contributed by atoms with Crippen LogP contribution in [0.5, 0.6) is 5.75 Å². The predicted octanol–water partition coefficient (Wildman–Crippen LogP) is 3.90. The number of benzene rings is 1. The Morgan fingerprint density at radius 3 is 2.82 bits per heavy atom. The molecule has 17 heavy (non-hydrogen) atoms. The van der Waals surface area contributed by atoms with Crippen molar-refractivity contribution in [1.29, 1.82) is 0 Å². The van der Waals surface area contributed by atoms with E-state index >= 15 is 0 Å². The highest BCUT2D eigenvalue weighted by atomic mass is 79.9. The Hall–Kier alpha value is -0.800. The van der Waals surface area contributed by atoms with Crippen molar-refractivity contribution in [3.8, 4) is 5.75 Å². The summed E-state index contributed by atoms with van der Waals surface area (Å²) in [4.78, 5) is 0. The first-order valence-corrected chi connectivity index (χ1v) is 6.69. The molecule has 2 nitrogen and oxygen atoms in total. The molecule has 0 amide bonds. The molecule has 0 fully saturated rings. The third kappa shape index (κ3) is 4.92. The van der Waals surface area contributed by atoms with E-state index in [1.807, 2.05) is 31.2 Å². The molecule has 0 heterocycles. The van der Waals surface area contributed by atoms with E-state index in [1.165, 1.54) is 5.56 Å². The maximum atomic E-state index is 5.77. The summed E-state index contributed by atoms with van der Waals surface area (Å²) >= 11 is 3.53. The number of para-hydroxylation sites is 1. The van der Waals surface area contributed by atoms with Gasteiger partial charge >= 0.3 is 0 Å². The van der Waals surface area contributed by atoms with Gasteiger partial charge in [-0.25, -0.2) is 0 Å². The van der Waals surface area contributed by atoms with E-state index in [-0.39, 0.29) is 0 Å². The molecule has 0 aliphatic carbocycles. The number of allylic oxidation sites excluding steroid dienone is 1. The van der Waals surface area contributed by atoms with Crippen molar-refractivity contribution in [1.82, 2.24) is 5.32 Å². The lowest BCUT2D eigenvalue weighted by Gasteiger charge is -2.14. The summed E-state index contributed by atoms with van der Waals surface area (Å²) in [5.41, 5.74) is 1.18. The van der Waals surface area contributed by atoms with Crippen molar-refractivity contribution < 1.29 is 4.74 Å². The zero-order chi connectivity index (χ0) is 12.7. The predicted molar refractivity (Wildman–Crippen MR) is 76.4 cm³/mol. The van der Waals surface area contributed by atoms with E-state index in [9.17, 15) is 0 Å². The fourth-order valence-corrected chi connectivity index (χ4v) is 1.92. The van der Waals surface area contributed by atoms with E-state index in [0.29, 0.717) is 12.6 Å². The molecule has 3 heteroatoms. The van der Waals surface area contributed by atoms with Gasteiger partial charge in [0, 0.05) is 18.2 Å².